The number of carboxylic acids is 1. The molecule has 2 heterocycles. The van der Waals surface area contributed by atoms with Gasteiger partial charge in [0.2, 0.25) is 0 Å². The van der Waals surface area contributed by atoms with E-state index in [1.807, 2.05) is 34.9 Å². The highest BCUT2D eigenvalue weighted by Gasteiger charge is 2.23. The highest BCUT2D eigenvalue weighted by Crippen LogP contribution is 2.28. The quantitative estimate of drug-likeness (QED) is 0.461. The fourth-order valence-corrected chi connectivity index (χ4v) is 3.90. The molecule has 33 heavy (non-hydrogen) atoms. The van der Waals surface area contributed by atoms with Crippen molar-refractivity contribution in [1.29, 1.82) is 0 Å². The van der Waals surface area contributed by atoms with Crippen LogP contribution in [-0.2, 0) is 13.0 Å². The van der Waals surface area contributed by atoms with Crippen molar-refractivity contribution in [3.05, 3.63) is 75.8 Å². The second-order valence-corrected chi connectivity index (χ2v) is 9.16. The summed E-state index contributed by atoms with van der Waals surface area (Å²) < 4.78 is 7.23. The van der Waals surface area contributed by atoms with Gasteiger partial charge in [-0.2, -0.15) is 0 Å². The summed E-state index contributed by atoms with van der Waals surface area (Å²) in [5, 5.41) is 16.0. The van der Waals surface area contributed by atoms with Crippen LogP contribution in [0.2, 0.25) is 0 Å². The SMILES string of the molecule is COc1n[nH]c(=O)c2c1nc(CC(C)(C)C)n2Cc1ccc(-c2ccccc2C(=O)O)cc1. The molecule has 170 valence electrons. The van der Waals surface area contributed by atoms with E-state index < -0.39 is 5.97 Å². The van der Waals surface area contributed by atoms with Crippen LogP contribution in [0.3, 0.4) is 0 Å². The fourth-order valence-electron chi connectivity index (χ4n) is 3.90. The van der Waals surface area contributed by atoms with Gasteiger partial charge in [0.05, 0.1) is 12.7 Å². The third-order valence-electron chi connectivity index (χ3n) is 5.37. The van der Waals surface area contributed by atoms with Gasteiger partial charge in [0.1, 0.15) is 11.3 Å². The van der Waals surface area contributed by atoms with Gasteiger partial charge in [0.25, 0.3) is 11.4 Å². The average molecular weight is 447 g/mol. The monoisotopic (exact) mass is 446 g/mol. The number of nitrogens with one attached hydrogen (secondary N) is 1. The Kier molecular flexibility index (Phi) is 5.76. The van der Waals surface area contributed by atoms with Crippen molar-refractivity contribution in [3.63, 3.8) is 0 Å². The van der Waals surface area contributed by atoms with E-state index in [-0.39, 0.29) is 22.4 Å². The smallest absolute Gasteiger partial charge is 0.336 e. The molecule has 0 saturated carbocycles. The van der Waals surface area contributed by atoms with Crippen LogP contribution in [-0.4, -0.2) is 37.9 Å². The number of hydrogen-bond donors (Lipinski definition) is 2. The summed E-state index contributed by atoms with van der Waals surface area (Å²) in [5.41, 5.74) is 3.16. The Morgan fingerprint density at radius 3 is 2.45 bits per heavy atom. The zero-order chi connectivity index (χ0) is 23.8. The van der Waals surface area contributed by atoms with Gasteiger partial charge in [-0.05, 0) is 28.2 Å². The Labute approximate surface area is 190 Å². The van der Waals surface area contributed by atoms with Crippen molar-refractivity contribution < 1.29 is 14.6 Å². The Hall–Kier alpha value is -3.94. The third-order valence-corrected chi connectivity index (χ3v) is 5.37. The zero-order valence-electron chi connectivity index (χ0n) is 19.0. The number of benzene rings is 2. The number of carboxylic acid groups (broad SMARTS) is 1. The molecule has 0 aliphatic heterocycles. The number of fused-ring (bicyclic) bond motifs is 1. The molecule has 0 aliphatic rings. The normalized spacial score (nSPS) is 11.6. The molecule has 2 N–H and O–H groups in total. The summed E-state index contributed by atoms with van der Waals surface area (Å²) in [6, 6.07) is 14.6. The highest BCUT2D eigenvalue weighted by atomic mass is 16.5. The number of imidazole rings is 1. The van der Waals surface area contributed by atoms with Crippen LogP contribution in [0, 0.1) is 5.41 Å². The Balaban J connectivity index is 1.77. The topological polar surface area (TPSA) is 110 Å². The molecule has 0 saturated heterocycles. The number of aromatic nitrogens is 4. The van der Waals surface area contributed by atoms with Crippen molar-refractivity contribution in [2.75, 3.05) is 7.11 Å². The van der Waals surface area contributed by atoms with Gasteiger partial charge in [-0.1, -0.05) is 63.2 Å². The first kappa shape index (κ1) is 22.3. The third kappa shape index (κ3) is 4.50. The van der Waals surface area contributed by atoms with E-state index in [4.69, 9.17) is 9.72 Å². The maximum absolute atomic E-state index is 12.7. The Bertz CT molecular complexity index is 1380. The number of rotatable bonds is 6. The molecule has 0 radical (unpaired) electrons. The molecule has 8 heteroatoms. The van der Waals surface area contributed by atoms with Crippen LogP contribution >= 0.6 is 0 Å². The first-order valence-electron chi connectivity index (χ1n) is 10.6. The zero-order valence-corrected chi connectivity index (χ0v) is 19.0. The van der Waals surface area contributed by atoms with Crippen molar-refractivity contribution in [3.8, 4) is 17.0 Å². The van der Waals surface area contributed by atoms with Gasteiger partial charge >= 0.3 is 5.97 Å². The van der Waals surface area contributed by atoms with E-state index in [1.54, 1.807) is 18.2 Å². The molecule has 4 rings (SSSR count). The minimum absolute atomic E-state index is 0.0447. The van der Waals surface area contributed by atoms with Crippen molar-refractivity contribution in [2.24, 2.45) is 5.41 Å². The van der Waals surface area contributed by atoms with Crippen molar-refractivity contribution >= 4 is 17.0 Å². The maximum Gasteiger partial charge on any atom is 0.336 e. The predicted octanol–water partition coefficient (Wildman–Crippen LogP) is 4.13. The minimum Gasteiger partial charge on any atom is -0.478 e. The highest BCUT2D eigenvalue weighted by molar-refractivity contribution is 5.96. The van der Waals surface area contributed by atoms with Gasteiger partial charge < -0.3 is 14.4 Å². The lowest BCUT2D eigenvalue weighted by molar-refractivity contribution is 0.0697. The molecular formula is C25H26N4O4. The maximum atomic E-state index is 12.7. The first-order valence-corrected chi connectivity index (χ1v) is 10.6. The van der Waals surface area contributed by atoms with Crippen LogP contribution in [0.5, 0.6) is 5.88 Å². The van der Waals surface area contributed by atoms with E-state index in [9.17, 15) is 14.7 Å². The molecule has 0 amide bonds. The second kappa shape index (κ2) is 8.54. The van der Waals surface area contributed by atoms with E-state index in [0.29, 0.717) is 29.6 Å². The number of carbonyl (C=O) groups is 1. The summed E-state index contributed by atoms with van der Waals surface area (Å²) in [4.78, 5) is 29.0. The van der Waals surface area contributed by atoms with E-state index >= 15 is 0 Å². The van der Waals surface area contributed by atoms with Gasteiger partial charge in [-0.25, -0.2) is 14.9 Å². The number of H-pyrrole nitrogens is 1. The average Bonchev–Trinajstić information content (AvgIpc) is 3.11. The van der Waals surface area contributed by atoms with Crippen LogP contribution < -0.4 is 10.3 Å². The molecule has 8 nitrogen and oxygen atoms in total. The summed E-state index contributed by atoms with van der Waals surface area (Å²) in [7, 11) is 1.50. The lowest BCUT2D eigenvalue weighted by atomic mass is 9.92. The van der Waals surface area contributed by atoms with E-state index in [2.05, 4.69) is 31.0 Å². The van der Waals surface area contributed by atoms with Crippen LogP contribution in [0.4, 0.5) is 0 Å². The molecule has 0 aliphatic carbocycles. The molecule has 0 atom stereocenters. The Morgan fingerprint density at radius 2 is 1.82 bits per heavy atom. The number of aromatic carboxylic acids is 1. The standard InChI is InChI=1S/C25H26N4O4/c1-25(2,3)13-19-26-20-21(22(30)27-28-23(20)33-4)29(19)14-15-9-11-16(12-10-15)17-7-5-6-8-18(17)24(31)32/h5-12H,13-14H2,1-4H3,(H,27,30)(H,31,32). The van der Waals surface area contributed by atoms with Crippen LogP contribution in [0.15, 0.2) is 53.3 Å². The first-order chi connectivity index (χ1) is 15.7. The largest absolute Gasteiger partial charge is 0.478 e. The van der Waals surface area contributed by atoms with Gasteiger partial charge in [-0.15, -0.1) is 5.10 Å². The minimum atomic E-state index is -0.965. The molecule has 0 spiro atoms. The molecule has 0 fully saturated rings. The molecule has 2 aromatic carbocycles. The van der Waals surface area contributed by atoms with Crippen LogP contribution in [0.25, 0.3) is 22.2 Å². The Morgan fingerprint density at radius 1 is 1.12 bits per heavy atom. The molecular weight excluding hydrogens is 420 g/mol. The summed E-state index contributed by atoms with van der Waals surface area (Å²) in [6.45, 7) is 6.78. The summed E-state index contributed by atoms with van der Waals surface area (Å²) in [5.74, 6) is 0.0851. The van der Waals surface area contributed by atoms with E-state index in [0.717, 1.165) is 17.0 Å². The van der Waals surface area contributed by atoms with Crippen LogP contribution in [0.1, 0.15) is 42.5 Å². The summed E-state index contributed by atoms with van der Waals surface area (Å²) in [6.07, 6.45) is 0.661. The van der Waals surface area contributed by atoms with E-state index in [1.165, 1.54) is 7.11 Å². The molecule has 0 bridgehead atoms. The fraction of sp³-hybridized carbons (Fsp3) is 0.280. The van der Waals surface area contributed by atoms with Gasteiger partial charge in [0.15, 0.2) is 5.52 Å². The molecule has 4 aromatic rings. The number of ether oxygens (including phenoxy) is 1. The van der Waals surface area contributed by atoms with Gasteiger partial charge in [-0.3, -0.25) is 4.79 Å². The number of hydrogen-bond acceptors (Lipinski definition) is 5. The molecule has 0 unspecified atom stereocenters. The van der Waals surface area contributed by atoms with Gasteiger partial charge in [0, 0.05) is 13.0 Å². The second-order valence-electron chi connectivity index (χ2n) is 9.16. The molecule has 2 aromatic heterocycles. The lowest BCUT2D eigenvalue weighted by Gasteiger charge is -2.19. The number of methoxy groups -OCH3 is 1. The number of nitrogens with zero attached hydrogens (tertiary/aromatic N) is 3. The van der Waals surface area contributed by atoms with Crippen molar-refractivity contribution in [2.45, 2.75) is 33.7 Å². The summed E-state index contributed by atoms with van der Waals surface area (Å²) >= 11 is 0. The lowest BCUT2D eigenvalue weighted by Crippen LogP contribution is -2.18. The van der Waals surface area contributed by atoms with Crippen molar-refractivity contribution in [1.82, 2.24) is 19.7 Å². The predicted molar refractivity (Wildman–Crippen MR) is 126 cm³/mol. The number of aromatic amines is 1.